The summed E-state index contributed by atoms with van der Waals surface area (Å²) >= 11 is 0. The van der Waals surface area contributed by atoms with E-state index in [4.69, 9.17) is 0 Å². The Bertz CT molecular complexity index is 163. The first kappa shape index (κ1) is 10.9. The van der Waals surface area contributed by atoms with E-state index in [2.05, 4.69) is 5.32 Å². The van der Waals surface area contributed by atoms with Crippen molar-refractivity contribution < 1.29 is 8.78 Å². The van der Waals surface area contributed by atoms with Crippen LogP contribution in [0.25, 0.3) is 0 Å². The molecule has 2 unspecified atom stereocenters. The van der Waals surface area contributed by atoms with Crippen molar-refractivity contribution >= 4 is 0 Å². The molecule has 0 saturated carbocycles. The van der Waals surface area contributed by atoms with Crippen LogP contribution in [0.2, 0.25) is 0 Å². The molecule has 3 heteroatoms. The molecule has 0 amide bonds. The van der Waals surface area contributed by atoms with E-state index in [0.717, 1.165) is 13.0 Å². The molecular weight excluding hydrogens is 172 g/mol. The summed E-state index contributed by atoms with van der Waals surface area (Å²) in [7, 11) is 0. The Morgan fingerprint density at radius 1 is 1.31 bits per heavy atom. The lowest BCUT2D eigenvalue weighted by Gasteiger charge is -2.40. The van der Waals surface area contributed by atoms with Crippen molar-refractivity contribution in [3.63, 3.8) is 0 Å². The fraction of sp³-hybridized carbons (Fsp3) is 1.00. The van der Waals surface area contributed by atoms with Crippen molar-refractivity contribution in [1.29, 1.82) is 0 Å². The lowest BCUT2D eigenvalue weighted by atomic mass is 9.75. The number of alkyl halides is 2. The van der Waals surface area contributed by atoms with Gasteiger partial charge in [0.1, 0.15) is 0 Å². The van der Waals surface area contributed by atoms with Crippen LogP contribution in [0.3, 0.4) is 0 Å². The van der Waals surface area contributed by atoms with Crippen molar-refractivity contribution in [1.82, 2.24) is 5.32 Å². The summed E-state index contributed by atoms with van der Waals surface area (Å²) in [6.07, 6.45) is -0.647. The van der Waals surface area contributed by atoms with Gasteiger partial charge in [-0.2, -0.15) is 0 Å². The molecule has 78 valence electrons. The second kappa shape index (κ2) is 3.91. The second-order valence-electron chi connectivity index (χ2n) is 4.94. The van der Waals surface area contributed by atoms with E-state index >= 15 is 0 Å². The van der Waals surface area contributed by atoms with Gasteiger partial charge in [0.25, 0.3) is 0 Å². The Balaban J connectivity index is 2.67. The highest BCUT2D eigenvalue weighted by molar-refractivity contribution is 4.90. The molecule has 1 aliphatic rings. The molecule has 0 bridgehead atoms. The van der Waals surface area contributed by atoms with Gasteiger partial charge in [-0.15, -0.1) is 0 Å². The molecule has 0 radical (unpaired) electrons. The van der Waals surface area contributed by atoms with E-state index in [9.17, 15) is 8.78 Å². The summed E-state index contributed by atoms with van der Waals surface area (Å²) in [6, 6.07) is -0.0405. The standard InChI is InChI=1S/C10H19F2N/c1-10(2,3)8-7(9(11)12)5-4-6-13-8/h7-9,13H,4-6H2,1-3H3. The summed E-state index contributed by atoms with van der Waals surface area (Å²) in [4.78, 5) is 0. The maximum Gasteiger partial charge on any atom is 0.242 e. The van der Waals surface area contributed by atoms with Crippen molar-refractivity contribution in [2.75, 3.05) is 6.54 Å². The van der Waals surface area contributed by atoms with Gasteiger partial charge in [-0.1, -0.05) is 20.8 Å². The average molecular weight is 191 g/mol. The van der Waals surface area contributed by atoms with Crippen molar-refractivity contribution in [3.05, 3.63) is 0 Å². The van der Waals surface area contributed by atoms with Gasteiger partial charge in [0.15, 0.2) is 0 Å². The molecule has 1 nitrogen and oxygen atoms in total. The smallest absolute Gasteiger partial charge is 0.242 e. The highest BCUT2D eigenvalue weighted by atomic mass is 19.3. The third-order valence-electron chi connectivity index (χ3n) is 2.76. The molecule has 1 rings (SSSR count). The Morgan fingerprint density at radius 2 is 1.92 bits per heavy atom. The number of hydrogen-bond acceptors (Lipinski definition) is 1. The largest absolute Gasteiger partial charge is 0.313 e. The van der Waals surface area contributed by atoms with Gasteiger partial charge in [0, 0.05) is 12.0 Å². The first-order valence-electron chi connectivity index (χ1n) is 4.94. The third kappa shape index (κ3) is 2.63. The van der Waals surface area contributed by atoms with E-state index in [1.807, 2.05) is 20.8 Å². The zero-order valence-corrected chi connectivity index (χ0v) is 8.61. The molecule has 1 heterocycles. The van der Waals surface area contributed by atoms with E-state index in [1.54, 1.807) is 0 Å². The predicted octanol–water partition coefficient (Wildman–Crippen LogP) is 2.67. The molecule has 0 aromatic rings. The lowest BCUT2D eigenvalue weighted by Crippen LogP contribution is -2.51. The maximum atomic E-state index is 12.7. The van der Waals surface area contributed by atoms with Gasteiger partial charge in [-0.05, 0) is 24.8 Å². The number of rotatable bonds is 1. The highest BCUT2D eigenvalue weighted by Crippen LogP contribution is 2.33. The zero-order valence-electron chi connectivity index (χ0n) is 8.61. The Kier molecular flexibility index (Phi) is 3.28. The van der Waals surface area contributed by atoms with Gasteiger partial charge in [0.05, 0.1) is 0 Å². The molecule has 1 fully saturated rings. The quantitative estimate of drug-likeness (QED) is 0.672. The summed E-state index contributed by atoms with van der Waals surface area (Å²) in [5.41, 5.74) is -0.0679. The minimum atomic E-state index is -2.18. The van der Waals surface area contributed by atoms with Crippen LogP contribution in [0.1, 0.15) is 33.6 Å². The van der Waals surface area contributed by atoms with Gasteiger partial charge in [0.2, 0.25) is 6.43 Å². The molecule has 1 saturated heterocycles. The molecule has 0 aromatic carbocycles. The normalized spacial score (nSPS) is 30.9. The molecule has 13 heavy (non-hydrogen) atoms. The molecular formula is C10H19F2N. The first-order valence-corrected chi connectivity index (χ1v) is 4.94. The van der Waals surface area contributed by atoms with Gasteiger partial charge in [-0.25, -0.2) is 8.78 Å². The predicted molar refractivity (Wildman–Crippen MR) is 50.0 cm³/mol. The minimum Gasteiger partial charge on any atom is -0.313 e. The first-order chi connectivity index (χ1) is 5.93. The van der Waals surface area contributed by atoms with Crippen LogP contribution in [0, 0.1) is 11.3 Å². The molecule has 1 N–H and O–H groups in total. The third-order valence-corrected chi connectivity index (χ3v) is 2.76. The Labute approximate surface area is 78.9 Å². The van der Waals surface area contributed by atoms with Crippen molar-refractivity contribution in [3.8, 4) is 0 Å². The molecule has 0 aliphatic carbocycles. The minimum absolute atomic E-state index is 0.0405. The van der Waals surface area contributed by atoms with E-state index in [0.29, 0.717) is 6.42 Å². The second-order valence-corrected chi connectivity index (χ2v) is 4.94. The Hall–Kier alpha value is -0.180. The van der Waals surface area contributed by atoms with Crippen LogP contribution in [0.15, 0.2) is 0 Å². The summed E-state index contributed by atoms with van der Waals surface area (Å²) in [6.45, 7) is 6.94. The van der Waals surface area contributed by atoms with E-state index < -0.39 is 12.3 Å². The van der Waals surface area contributed by atoms with Gasteiger partial charge < -0.3 is 5.32 Å². The number of halogens is 2. The van der Waals surface area contributed by atoms with Crippen LogP contribution in [-0.4, -0.2) is 19.0 Å². The van der Waals surface area contributed by atoms with Crippen molar-refractivity contribution in [2.45, 2.75) is 46.1 Å². The number of nitrogens with one attached hydrogen (secondary N) is 1. The van der Waals surface area contributed by atoms with Crippen LogP contribution < -0.4 is 5.32 Å². The van der Waals surface area contributed by atoms with Crippen molar-refractivity contribution in [2.24, 2.45) is 11.3 Å². The van der Waals surface area contributed by atoms with E-state index in [-0.39, 0.29) is 11.5 Å². The van der Waals surface area contributed by atoms with Crippen LogP contribution in [-0.2, 0) is 0 Å². The highest BCUT2D eigenvalue weighted by Gasteiger charge is 2.38. The van der Waals surface area contributed by atoms with Gasteiger partial charge >= 0.3 is 0 Å². The molecule has 0 aromatic heterocycles. The number of hydrogen-bond donors (Lipinski definition) is 1. The fourth-order valence-electron chi connectivity index (χ4n) is 2.13. The topological polar surface area (TPSA) is 12.0 Å². The number of piperidine rings is 1. The molecule has 1 aliphatic heterocycles. The SMILES string of the molecule is CC(C)(C)C1NCCCC1C(F)F. The van der Waals surface area contributed by atoms with Crippen LogP contribution in [0.4, 0.5) is 8.78 Å². The van der Waals surface area contributed by atoms with E-state index in [1.165, 1.54) is 0 Å². The fourth-order valence-corrected chi connectivity index (χ4v) is 2.13. The summed E-state index contributed by atoms with van der Waals surface area (Å²) in [5.74, 6) is -0.464. The zero-order chi connectivity index (χ0) is 10.1. The maximum absolute atomic E-state index is 12.7. The molecule has 0 spiro atoms. The van der Waals surface area contributed by atoms with Crippen LogP contribution in [0.5, 0.6) is 0 Å². The average Bonchev–Trinajstić information content (AvgIpc) is 2.03. The summed E-state index contributed by atoms with van der Waals surface area (Å²) in [5, 5.41) is 3.21. The summed E-state index contributed by atoms with van der Waals surface area (Å²) < 4.78 is 25.3. The van der Waals surface area contributed by atoms with Crippen LogP contribution >= 0.6 is 0 Å². The monoisotopic (exact) mass is 191 g/mol. The Morgan fingerprint density at radius 3 is 2.31 bits per heavy atom. The molecule has 2 atom stereocenters. The van der Waals surface area contributed by atoms with Gasteiger partial charge in [-0.3, -0.25) is 0 Å². The lowest BCUT2D eigenvalue weighted by molar-refractivity contribution is 0.00789.